The number of ether oxygens (including phenoxy) is 2. The van der Waals surface area contributed by atoms with E-state index in [0.717, 1.165) is 31.8 Å². The first-order valence-corrected chi connectivity index (χ1v) is 12.4. The normalized spacial score (nSPS) is 10.3. The molecule has 0 spiro atoms. The van der Waals surface area contributed by atoms with E-state index in [9.17, 15) is 9.59 Å². The number of aryl methyl sites for hydroxylation is 1. The van der Waals surface area contributed by atoms with Gasteiger partial charge in [0.15, 0.2) is 11.7 Å². The van der Waals surface area contributed by atoms with Crippen LogP contribution in [0.3, 0.4) is 0 Å². The number of benzene rings is 2. The summed E-state index contributed by atoms with van der Waals surface area (Å²) in [6.45, 7) is 4.19. The fourth-order valence-corrected chi connectivity index (χ4v) is 4.56. The predicted molar refractivity (Wildman–Crippen MR) is 138 cm³/mol. The van der Waals surface area contributed by atoms with Crippen LogP contribution in [0.25, 0.3) is 0 Å². The topological polar surface area (TPSA) is 88.7 Å². The van der Waals surface area contributed by atoms with Gasteiger partial charge in [-0.2, -0.15) is 0 Å². The maximum atomic E-state index is 12.6. The monoisotopic (exact) mass is 649 g/mol. The van der Waals surface area contributed by atoms with Gasteiger partial charge in [0, 0.05) is 8.95 Å². The van der Waals surface area contributed by atoms with Crippen molar-refractivity contribution >= 4 is 76.9 Å². The Balaban J connectivity index is 1.87. The molecule has 0 fully saturated rings. The van der Waals surface area contributed by atoms with Crippen molar-refractivity contribution in [3.63, 3.8) is 0 Å². The van der Waals surface area contributed by atoms with E-state index < -0.39 is 11.8 Å². The molecule has 0 radical (unpaired) electrons. The smallest absolute Gasteiger partial charge is 0.276 e. The minimum Gasteiger partial charge on any atom is -0.493 e. The van der Waals surface area contributed by atoms with E-state index in [2.05, 4.69) is 70.9 Å². The van der Waals surface area contributed by atoms with Crippen molar-refractivity contribution < 1.29 is 19.1 Å². The number of thiocarbonyl (C=S) groups is 1. The van der Waals surface area contributed by atoms with E-state index in [1.807, 2.05) is 19.1 Å². The van der Waals surface area contributed by atoms with Gasteiger partial charge >= 0.3 is 0 Å². The minimum atomic E-state index is -0.470. The number of hydrogen-bond donors (Lipinski definition) is 3. The Kier molecular flexibility index (Phi) is 10.9. The number of carbonyl (C=O) groups is 2. The van der Waals surface area contributed by atoms with E-state index >= 15 is 0 Å². The van der Waals surface area contributed by atoms with Crippen molar-refractivity contribution in [3.05, 3.63) is 54.9 Å². The molecule has 0 aliphatic heterocycles. The molecular formula is C21H22Br3N3O4S. The Morgan fingerprint density at radius 2 is 1.78 bits per heavy atom. The molecule has 0 unspecified atom stereocenters. The lowest BCUT2D eigenvalue weighted by Gasteiger charge is -2.15. The maximum absolute atomic E-state index is 12.6. The first kappa shape index (κ1) is 26.6. The van der Waals surface area contributed by atoms with E-state index in [4.69, 9.17) is 21.7 Å². The van der Waals surface area contributed by atoms with Crippen LogP contribution in [0.2, 0.25) is 0 Å². The lowest BCUT2D eigenvalue weighted by Crippen LogP contribution is -2.49. The summed E-state index contributed by atoms with van der Waals surface area (Å²) in [6.07, 6.45) is 1.86. The zero-order valence-electron chi connectivity index (χ0n) is 17.4. The molecule has 0 atom stereocenters. The largest absolute Gasteiger partial charge is 0.493 e. The lowest BCUT2D eigenvalue weighted by atomic mass is 10.2. The number of nitrogens with one attached hydrogen (secondary N) is 3. The minimum absolute atomic E-state index is 0.0659. The van der Waals surface area contributed by atoms with Gasteiger partial charge < -0.3 is 9.47 Å². The summed E-state index contributed by atoms with van der Waals surface area (Å²) in [6, 6.07) is 8.85. The number of hydrazine groups is 1. The van der Waals surface area contributed by atoms with Crippen molar-refractivity contribution in [1.29, 1.82) is 0 Å². The number of amides is 2. The molecule has 32 heavy (non-hydrogen) atoms. The SMILES string of the molecule is CCCCOc1ccc(Br)cc1C(=O)NC(=S)NNC(=O)COc1c(C)cc(Br)cc1Br. The molecule has 0 aliphatic carbocycles. The first-order valence-electron chi connectivity index (χ1n) is 9.62. The Morgan fingerprint density at radius 3 is 2.47 bits per heavy atom. The van der Waals surface area contributed by atoms with Crippen molar-refractivity contribution in [2.24, 2.45) is 0 Å². The molecule has 0 aromatic heterocycles. The average Bonchev–Trinajstić information content (AvgIpc) is 2.72. The molecule has 2 rings (SSSR count). The fourth-order valence-electron chi connectivity index (χ4n) is 2.51. The Morgan fingerprint density at radius 1 is 1.03 bits per heavy atom. The number of rotatable bonds is 8. The standard InChI is InChI=1S/C21H22Br3N3O4S/c1-3-4-7-30-17-6-5-13(22)9-15(17)20(29)25-21(32)27-26-18(28)11-31-19-12(2)8-14(23)10-16(19)24/h5-6,8-10H,3-4,7,11H2,1-2H3,(H,26,28)(H2,25,27,29,32). The van der Waals surface area contributed by atoms with Gasteiger partial charge in [-0.1, -0.05) is 45.2 Å². The highest BCUT2D eigenvalue weighted by Gasteiger charge is 2.15. The van der Waals surface area contributed by atoms with Crippen LogP contribution in [0.4, 0.5) is 0 Å². The highest BCUT2D eigenvalue weighted by atomic mass is 79.9. The van der Waals surface area contributed by atoms with Crippen LogP contribution in [-0.2, 0) is 4.79 Å². The summed E-state index contributed by atoms with van der Waals surface area (Å²) in [5, 5.41) is 2.45. The van der Waals surface area contributed by atoms with Crippen molar-refractivity contribution in [1.82, 2.24) is 16.2 Å². The van der Waals surface area contributed by atoms with E-state index in [0.29, 0.717) is 23.7 Å². The summed E-state index contributed by atoms with van der Waals surface area (Å²) < 4.78 is 13.6. The zero-order chi connectivity index (χ0) is 23.7. The van der Waals surface area contributed by atoms with Crippen LogP contribution in [0.15, 0.2) is 43.7 Å². The van der Waals surface area contributed by atoms with Crippen LogP contribution in [0, 0.1) is 6.92 Å². The van der Waals surface area contributed by atoms with Gasteiger partial charge in [-0.05, 0) is 77.4 Å². The highest BCUT2D eigenvalue weighted by Crippen LogP contribution is 2.32. The van der Waals surface area contributed by atoms with Gasteiger partial charge in [0.2, 0.25) is 0 Å². The molecule has 0 bridgehead atoms. The second kappa shape index (κ2) is 13.1. The van der Waals surface area contributed by atoms with Gasteiger partial charge in [0.05, 0.1) is 16.6 Å². The molecule has 172 valence electrons. The molecule has 2 amide bonds. The quantitative estimate of drug-likeness (QED) is 0.207. The molecule has 7 nitrogen and oxygen atoms in total. The number of unbranched alkanes of at least 4 members (excludes halogenated alkanes) is 1. The van der Waals surface area contributed by atoms with Crippen LogP contribution in [-0.4, -0.2) is 30.1 Å². The fraction of sp³-hybridized carbons (Fsp3) is 0.286. The lowest BCUT2D eigenvalue weighted by molar-refractivity contribution is -0.123. The third-order valence-corrected chi connectivity index (χ3v) is 5.77. The van der Waals surface area contributed by atoms with Gasteiger partial charge in [0.1, 0.15) is 11.5 Å². The molecule has 2 aromatic carbocycles. The molecule has 3 N–H and O–H groups in total. The van der Waals surface area contributed by atoms with Gasteiger partial charge in [-0.15, -0.1) is 0 Å². The van der Waals surface area contributed by atoms with Crippen molar-refractivity contribution in [2.45, 2.75) is 26.7 Å². The number of hydrogen-bond acceptors (Lipinski definition) is 5. The van der Waals surface area contributed by atoms with Crippen LogP contribution < -0.4 is 25.6 Å². The zero-order valence-corrected chi connectivity index (χ0v) is 23.0. The van der Waals surface area contributed by atoms with E-state index in [1.165, 1.54) is 0 Å². The first-order chi connectivity index (χ1) is 15.2. The summed E-state index contributed by atoms with van der Waals surface area (Å²) in [5.74, 6) is 0.0800. The van der Waals surface area contributed by atoms with Gasteiger partial charge in [-0.25, -0.2) is 0 Å². The average molecular weight is 652 g/mol. The number of carbonyl (C=O) groups excluding carboxylic acids is 2. The molecule has 2 aromatic rings. The second-order valence-electron chi connectivity index (χ2n) is 6.62. The van der Waals surface area contributed by atoms with Crippen molar-refractivity contribution in [3.8, 4) is 11.5 Å². The molecule has 0 aliphatic rings. The summed E-state index contributed by atoms with van der Waals surface area (Å²) in [4.78, 5) is 24.7. The molecule has 0 saturated carbocycles. The molecular weight excluding hydrogens is 630 g/mol. The van der Waals surface area contributed by atoms with Crippen LogP contribution in [0.5, 0.6) is 11.5 Å². The third kappa shape index (κ3) is 8.34. The maximum Gasteiger partial charge on any atom is 0.276 e. The summed E-state index contributed by atoms with van der Waals surface area (Å²) >= 11 is 15.3. The summed E-state index contributed by atoms with van der Waals surface area (Å²) in [7, 11) is 0. The van der Waals surface area contributed by atoms with Crippen molar-refractivity contribution in [2.75, 3.05) is 13.2 Å². The highest BCUT2D eigenvalue weighted by molar-refractivity contribution is 9.11. The van der Waals surface area contributed by atoms with Gasteiger partial charge in [0.25, 0.3) is 11.8 Å². The second-order valence-corrected chi connectivity index (χ2v) is 9.72. The Bertz CT molecular complexity index is 981. The predicted octanol–water partition coefficient (Wildman–Crippen LogP) is 5.18. The third-order valence-electron chi connectivity index (χ3n) is 4.03. The molecule has 0 heterocycles. The Labute approximate surface area is 217 Å². The molecule has 11 heteroatoms. The van der Waals surface area contributed by atoms with E-state index in [-0.39, 0.29) is 11.7 Å². The molecule has 0 saturated heterocycles. The van der Waals surface area contributed by atoms with E-state index in [1.54, 1.807) is 18.2 Å². The van der Waals surface area contributed by atoms with Gasteiger partial charge in [-0.3, -0.25) is 25.8 Å². The Hall–Kier alpha value is -1.69. The van der Waals surface area contributed by atoms with Crippen LogP contribution in [0.1, 0.15) is 35.7 Å². The summed E-state index contributed by atoms with van der Waals surface area (Å²) in [5.41, 5.74) is 6.07. The van der Waals surface area contributed by atoms with Crippen LogP contribution >= 0.6 is 60.0 Å². The number of halogens is 3.